The summed E-state index contributed by atoms with van der Waals surface area (Å²) in [7, 11) is 0. The lowest BCUT2D eigenvalue weighted by Crippen LogP contribution is -2.17. The molecule has 0 fully saturated rings. The van der Waals surface area contributed by atoms with Crippen LogP contribution in [0.5, 0.6) is 5.75 Å². The first-order chi connectivity index (χ1) is 8.96. The number of hydrogen-bond acceptors (Lipinski definition) is 2. The number of benzene rings is 1. The van der Waals surface area contributed by atoms with E-state index in [1.165, 1.54) is 12.1 Å². The third-order valence-corrected chi connectivity index (χ3v) is 2.82. The Morgan fingerprint density at radius 1 is 0.947 bits per heavy atom. The van der Waals surface area contributed by atoms with E-state index in [0.29, 0.717) is 0 Å². The van der Waals surface area contributed by atoms with Crippen molar-refractivity contribution in [3.63, 3.8) is 0 Å². The van der Waals surface area contributed by atoms with E-state index in [1.54, 1.807) is 24.5 Å². The number of alkyl halides is 3. The highest BCUT2D eigenvalue weighted by molar-refractivity contribution is 5.34. The van der Waals surface area contributed by atoms with Crippen LogP contribution in [0, 0.1) is 0 Å². The maximum atomic E-state index is 12.0. The topological polar surface area (TPSA) is 22.1 Å². The fourth-order valence-corrected chi connectivity index (χ4v) is 1.80. The molecule has 0 aliphatic rings. The molecule has 0 amide bonds. The Kier molecular flexibility index (Phi) is 3.74. The summed E-state index contributed by atoms with van der Waals surface area (Å²) in [5, 5.41) is 0. The van der Waals surface area contributed by atoms with Crippen LogP contribution in [-0.4, -0.2) is 11.3 Å². The second kappa shape index (κ2) is 5.30. The van der Waals surface area contributed by atoms with Crippen LogP contribution < -0.4 is 4.74 Å². The summed E-state index contributed by atoms with van der Waals surface area (Å²) in [6, 6.07) is 9.66. The maximum Gasteiger partial charge on any atom is 0.573 e. The van der Waals surface area contributed by atoms with Crippen molar-refractivity contribution >= 4 is 0 Å². The van der Waals surface area contributed by atoms with Crippen molar-refractivity contribution in [1.82, 2.24) is 4.98 Å². The number of aromatic nitrogens is 1. The molecule has 100 valence electrons. The van der Waals surface area contributed by atoms with Gasteiger partial charge in [0.2, 0.25) is 0 Å². The standard InChI is InChI=1S/C14H12F3NO/c1-10(12-6-8-18-9-7-12)11-2-4-13(5-3-11)19-14(15,16)17/h2-10H,1H3. The fraction of sp³-hybridized carbons (Fsp3) is 0.214. The molecule has 0 spiro atoms. The minimum absolute atomic E-state index is 0.0861. The van der Waals surface area contributed by atoms with Gasteiger partial charge >= 0.3 is 6.36 Å². The van der Waals surface area contributed by atoms with Crippen LogP contribution in [-0.2, 0) is 0 Å². The Morgan fingerprint density at radius 3 is 2.00 bits per heavy atom. The van der Waals surface area contributed by atoms with Gasteiger partial charge < -0.3 is 4.74 Å². The first-order valence-electron chi connectivity index (χ1n) is 5.71. The highest BCUT2D eigenvalue weighted by atomic mass is 19.4. The van der Waals surface area contributed by atoms with Crippen LogP contribution in [0.25, 0.3) is 0 Å². The Bertz CT molecular complexity index is 523. The van der Waals surface area contributed by atoms with Gasteiger partial charge in [-0.1, -0.05) is 19.1 Å². The van der Waals surface area contributed by atoms with Crippen molar-refractivity contribution in [1.29, 1.82) is 0 Å². The molecule has 0 aliphatic carbocycles. The van der Waals surface area contributed by atoms with Crippen LogP contribution in [0.15, 0.2) is 48.8 Å². The number of hydrogen-bond donors (Lipinski definition) is 0. The van der Waals surface area contributed by atoms with Gasteiger partial charge in [-0.25, -0.2) is 0 Å². The third-order valence-electron chi connectivity index (χ3n) is 2.82. The predicted octanol–water partition coefficient (Wildman–Crippen LogP) is 4.13. The van der Waals surface area contributed by atoms with Gasteiger partial charge in [0.05, 0.1) is 0 Å². The van der Waals surface area contributed by atoms with Crippen molar-refractivity contribution in [2.45, 2.75) is 19.2 Å². The van der Waals surface area contributed by atoms with Crippen LogP contribution in [0.2, 0.25) is 0 Å². The molecule has 1 aromatic heterocycles. The van der Waals surface area contributed by atoms with Crippen LogP contribution in [0.4, 0.5) is 13.2 Å². The molecule has 5 heteroatoms. The Morgan fingerprint density at radius 2 is 1.47 bits per heavy atom. The van der Waals surface area contributed by atoms with Gasteiger partial charge in [0.15, 0.2) is 0 Å². The monoisotopic (exact) mass is 267 g/mol. The van der Waals surface area contributed by atoms with E-state index in [9.17, 15) is 13.2 Å². The van der Waals surface area contributed by atoms with Crippen LogP contribution in [0.1, 0.15) is 24.0 Å². The molecule has 0 bridgehead atoms. The molecule has 1 unspecified atom stereocenters. The summed E-state index contributed by atoms with van der Waals surface area (Å²) in [5.41, 5.74) is 1.97. The number of nitrogens with zero attached hydrogens (tertiary/aromatic N) is 1. The quantitative estimate of drug-likeness (QED) is 0.834. The summed E-state index contributed by atoms with van der Waals surface area (Å²) < 4.78 is 39.9. The van der Waals surface area contributed by atoms with Crippen molar-refractivity contribution < 1.29 is 17.9 Å². The zero-order valence-electron chi connectivity index (χ0n) is 10.2. The molecular weight excluding hydrogens is 255 g/mol. The summed E-state index contributed by atoms with van der Waals surface area (Å²) in [5.74, 6) is -0.124. The van der Waals surface area contributed by atoms with Gasteiger partial charge in [-0.3, -0.25) is 4.98 Å². The molecule has 0 saturated carbocycles. The van der Waals surface area contributed by atoms with E-state index >= 15 is 0 Å². The molecule has 0 saturated heterocycles. The molecule has 2 nitrogen and oxygen atoms in total. The molecule has 2 aromatic rings. The Balaban J connectivity index is 2.15. The van der Waals surface area contributed by atoms with Gasteiger partial charge in [-0.05, 0) is 35.4 Å². The lowest BCUT2D eigenvalue weighted by molar-refractivity contribution is -0.274. The normalized spacial score (nSPS) is 13.1. The molecule has 1 atom stereocenters. The number of ether oxygens (including phenoxy) is 1. The van der Waals surface area contributed by atoms with Gasteiger partial charge in [0.1, 0.15) is 5.75 Å². The van der Waals surface area contributed by atoms with E-state index in [0.717, 1.165) is 11.1 Å². The largest absolute Gasteiger partial charge is 0.573 e. The second-order valence-electron chi connectivity index (χ2n) is 4.12. The number of halogens is 3. The fourth-order valence-electron chi connectivity index (χ4n) is 1.80. The average Bonchev–Trinajstić information content (AvgIpc) is 2.38. The maximum absolute atomic E-state index is 12.0. The lowest BCUT2D eigenvalue weighted by Gasteiger charge is -2.13. The van der Waals surface area contributed by atoms with E-state index < -0.39 is 6.36 Å². The first-order valence-corrected chi connectivity index (χ1v) is 5.71. The lowest BCUT2D eigenvalue weighted by atomic mass is 9.94. The number of rotatable bonds is 3. The smallest absolute Gasteiger partial charge is 0.406 e. The van der Waals surface area contributed by atoms with Crippen LogP contribution >= 0.6 is 0 Å². The van der Waals surface area contributed by atoms with Gasteiger partial charge in [0, 0.05) is 18.3 Å². The summed E-state index contributed by atoms with van der Waals surface area (Å²) >= 11 is 0. The van der Waals surface area contributed by atoms with E-state index in [1.807, 2.05) is 19.1 Å². The second-order valence-corrected chi connectivity index (χ2v) is 4.12. The van der Waals surface area contributed by atoms with Crippen molar-refractivity contribution in [2.75, 3.05) is 0 Å². The number of pyridine rings is 1. The van der Waals surface area contributed by atoms with Crippen molar-refractivity contribution in [3.8, 4) is 5.75 Å². The Labute approximate surface area is 108 Å². The minimum atomic E-state index is -4.65. The van der Waals surface area contributed by atoms with E-state index in [2.05, 4.69) is 9.72 Å². The Hall–Kier alpha value is -2.04. The zero-order valence-corrected chi connectivity index (χ0v) is 10.2. The van der Waals surface area contributed by atoms with E-state index in [4.69, 9.17) is 0 Å². The van der Waals surface area contributed by atoms with Crippen LogP contribution in [0.3, 0.4) is 0 Å². The summed E-state index contributed by atoms with van der Waals surface area (Å²) in [6.45, 7) is 1.98. The van der Waals surface area contributed by atoms with Crippen molar-refractivity contribution in [3.05, 3.63) is 59.9 Å². The molecule has 0 N–H and O–H groups in total. The van der Waals surface area contributed by atoms with Gasteiger partial charge in [0.25, 0.3) is 0 Å². The molecule has 1 aromatic carbocycles. The molecule has 0 aliphatic heterocycles. The minimum Gasteiger partial charge on any atom is -0.406 e. The van der Waals surface area contributed by atoms with Gasteiger partial charge in [-0.2, -0.15) is 0 Å². The first kappa shape index (κ1) is 13.4. The molecular formula is C14H12F3NO. The molecule has 19 heavy (non-hydrogen) atoms. The van der Waals surface area contributed by atoms with E-state index in [-0.39, 0.29) is 11.7 Å². The molecule has 1 heterocycles. The SMILES string of the molecule is CC(c1ccncc1)c1ccc(OC(F)(F)F)cc1. The van der Waals surface area contributed by atoms with Gasteiger partial charge in [-0.15, -0.1) is 13.2 Å². The predicted molar refractivity (Wildman–Crippen MR) is 64.9 cm³/mol. The third kappa shape index (κ3) is 3.71. The molecule has 0 radical (unpaired) electrons. The van der Waals surface area contributed by atoms with Crippen molar-refractivity contribution in [2.24, 2.45) is 0 Å². The highest BCUT2D eigenvalue weighted by Gasteiger charge is 2.31. The highest BCUT2D eigenvalue weighted by Crippen LogP contribution is 2.27. The summed E-state index contributed by atoms with van der Waals surface area (Å²) in [4.78, 5) is 3.93. The average molecular weight is 267 g/mol. The molecule has 2 rings (SSSR count). The zero-order chi connectivity index (χ0) is 13.9. The summed E-state index contributed by atoms with van der Waals surface area (Å²) in [6.07, 6.45) is -1.28.